The predicted octanol–water partition coefficient (Wildman–Crippen LogP) is 4.21. The third-order valence-electron chi connectivity index (χ3n) is 3.31. The van der Waals surface area contributed by atoms with Crippen LogP contribution in [0.1, 0.15) is 11.1 Å². The minimum absolute atomic E-state index is 0.199. The van der Waals surface area contributed by atoms with Gasteiger partial charge in [0, 0.05) is 17.9 Å². The lowest BCUT2D eigenvalue weighted by Gasteiger charge is -2.10. The van der Waals surface area contributed by atoms with Gasteiger partial charge in [0.25, 0.3) is 0 Å². The van der Waals surface area contributed by atoms with E-state index in [9.17, 15) is 22.8 Å². The molecule has 0 aliphatic rings. The lowest BCUT2D eigenvalue weighted by molar-refractivity contribution is -0.137. The number of ether oxygens (including phenoxy) is 1. The number of alkyl halides is 3. The molecule has 3 amide bonds. The zero-order valence-electron chi connectivity index (χ0n) is 13.7. The summed E-state index contributed by atoms with van der Waals surface area (Å²) in [5, 5.41) is 7.51. The number of hydrogen-bond donors (Lipinski definition) is 3. The normalized spacial score (nSPS) is 10.8. The highest BCUT2D eigenvalue weighted by molar-refractivity contribution is 5.89. The Kier molecular flexibility index (Phi) is 6.05. The SMILES string of the molecule is COC(=O)Nc1ccc(CNC(=O)Nc2ccc(C(F)(F)F)cc2)cc1. The number of urea groups is 1. The molecule has 0 saturated heterocycles. The summed E-state index contributed by atoms with van der Waals surface area (Å²) in [5.74, 6) is 0. The minimum atomic E-state index is -4.42. The van der Waals surface area contributed by atoms with Gasteiger partial charge in [0.15, 0.2) is 0 Å². The van der Waals surface area contributed by atoms with Gasteiger partial charge < -0.3 is 15.4 Å². The fraction of sp³-hybridized carbons (Fsp3) is 0.176. The van der Waals surface area contributed by atoms with E-state index in [1.807, 2.05) is 0 Å². The lowest BCUT2D eigenvalue weighted by Crippen LogP contribution is -2.28. The van der Waals surface area contributed by atoms with Crippen molar-refractivity contribution in [2.75, 3.05) is 17.7 Å². The Labute approximate surface area is 147 Å². The van der Waals surface area contributed by atoms with Gasteiger partial charge in [0.05, 0.1) is 12.7 Å². The first kappa shape index (κ1) is 19.1. The van der Waals surface area contributed by atoms with E-state index in [0.29, 0.717) is 5.69 Å². The van der Waals surface area contributed by atoms with Crippen molar-refractivity contribution < 1.29 is 27.5 Å². The van der Waals surface area contributed by atoms with Gasteiger partial charge in [-0.15, -0.1) is 0 Å². The van der Waals surface area contributed by atoms with Crippen LogP contribution in [0.15, 0.2) is 48.5 Å². The molecule has 2 aromatic rings. The van der Waals surface area contributed by atoms with Crippen molar-refractivity contribution in [1.82, 2.24) is 5.32 Å². The maximum absolute atomic E-state index is 12.5. The molecule has 2 rings (SSSR count). The van der Waals surface area contributed by atoms with Gasteiger partial charge in [-0.1, -0.05) is 12.1 Å². The number of carbonyl (C=O) groups excluding carboxylic acids is 2. The zero-order valence-corrected chi connectivity index (χ0v) is 13.7. The van der Waals surface area contributed by atoms with E-state index in [0.717, 1.165) is 17.7 Å². The largest absolute Gasteiger partial charge is 0.453 e. The minimum Gasteiger partial charge on any atom is -0.453 e. The fourth-order valence-corrected chi connectivity index (χ4v) is 1.97. The molecule has 0 atom stereocenters. The van der Waals surface area contributed by atoms with Crippen molar-refractivity contribution in [2.45, 2.75) is 12.7 Å². The van der Waals surface area contributed by atoms with E-state index < -0.39 is 23.9 Å². The molecule has 0 spiro atoms. The average molecular weight is 367 g/mol. The lowest BCUT2D eigenvalue weighted by atomic mass is 10.2. The number of anilines is 2. The Balaban J connectivity index is 1.84. The van der Waals surface area contributed by atoms with Gasteiger partial charge in [-0.05, 0) is 42.0 Å². The Morgan fingerprint density at radius 3 is 2.00 bits per heavy atom. The number of carbonyl (C=O) groups is 2. The van der Waals surface area contributed by atoms with E-state index >= 15 is 0 Å². The topological polar surface area (TPSA) is 79.5 Å². The van der Waals surface area contributed by atoms with Gasteiger partial charge >= 0.3 is 18.3 Å². The summed E-state index contributed by atoms with van der Waals surface area (Å²) in [6.45, 7) is 0.199. The third kappa shape index (κ3) is 5.69. The van der Waals surface area contributed by atoms with Crippen molar-refractivity contribution in [2.24, 2.45) is 0 Å². The number of hydrogen-bond acceptors (Lipinski definition) is 3. The number of rotatable bonds is 4. The molecule has 0 fully saturated rings. The molecule has 0 bridgehead atoms. The molecule has 3 N–H and O–H groups in total. The van der Waals surface area contributed by atoms with Crippen LogP contribution in [0.3, 0.4) is 0 Å². The maximum Gasteiger partial charge on any atom is 0.416 e. The molecule has 0 aromatic heterocycles. The van der Waals surface area contributed by atoms with E-state index in [2.05, 4.69) is 20.7 Å². The zero-order chi connectivity index (χ0) is 19.2. The van der Waals surface area contributed by atoms with Crippen molar-refractivity contribution >= 4 is 23.5 Å². The van der Waals surface area contributed by atoms with Crippen LogP contribution in [0.2, 0.25) is 0 Å². The second-order valence-corrected chi connectivity index (χ2v) is 5.20. The molecule has 0 radical (unpaired) electrons. The second kappa shape index (κ2) is 8.24. The first-order valence-electron chi connectivity index (χ1n) is 7.44. The van der Waals surface area contributed by atoms with Gasteiger partial charge in [-0.25, -0.2) is 9.59 Å². The maximum atomic E-state index is 12.5. The van der Waals surface area contributed by atoms with Crippen LogP contribution in [-0.2, 0) is 17.5 Å². The molecule has 0 aliphatic heterocycles. The monoisotopic (exact) mass is 367 g/mol. The summed E-state index contributed by atoms with van der Waals surface area (Å²) < 4.78 is 41.9. The molecule has 9 heteroatoms. The molecule has 0 heterocycles. The summed E-state index contributed by atoms with van der Waals surface area (Å²) in [7, 11) is 1.25. The van der Waals surface area contributed by atoms with Crippen molar-refractivity contribution in [3.05, 3.63) is 59.7 Å². The van der Waals surface area contributed by atoms with Gasteiger partial charge in [-0.3, -0.25) is 5.32 Å². The molecule has 0 unspecified atom stereocenters. The van der Waals surface area contributed by atoms with E-state index in [-0.39, 0.29) is 12.2 Å². The smallest absolute Gasteiger partial charge is 0.416 e. The number of halogens is 3. The van der Waals surface area contributed by atoms with E-state index in [1.165, 1.54) is 19.2 Å². The summed E-state index contributed by atoms with van der Waals surface area (Å²) in [6, 6.07) is 10.3. The number of amides is 3. The molecule has 0 aliphatic carbocycles. The molecular weight excluding hydrogens is 351 g/mol. The Bertz CT molecular complexity index is 760. The van der Waals surface area contributed by atoms with Crippen molar-refractivity contribution in [3.63, 3.8) is 0 Å². The van der Waals surface area contributed by atoms with Crippen LogP contribution in [0, 0.1) is 0 Å². The van der Waals surface area contributed by atoms with Crippen LogP contribution >= 0.6 is 0 Å². The average Bonchev–Trinajstić information content (AvgIpc) is 2.60. The van der Waals surface area contributed by atoms with Crippen LogP contribution in [0.5, 0.6) is 0 Å². The second-order valence-electron chi connectivity index (χ2n) is 5.20. The first-order chi connectivity index (χ1) is 12.3. The summed E-state index contributed by atoms with van der Waals surface area (Å²) in [4.78, 5) is 22.9. The molecule has 138 valence electrons. The number of benzene rings is 2. The van der Waals surface area contributed by atoms with Crippen molar-refractivity contribution in [1.29, 1.82) is 0 Å². The summed E-state index contributed by atoms with van der Waals surface area (Å²) in [5.41, 5.74) is 0.759. The fourth-order valence-electron chi connectivity index (χ4n) is 1.97. The third-order valence-corrected chi connectivity index (χ3v) is 3.31. The van der Waals surface area contributed by atoms with Crippen molar-refractivity contribution in [3.8, 4) is 0 Å². The van der Waals surface area contributed by atoms with E-state index in [4.69, 9.17) is 0 Å². The van der Waals surface area contributed by atoms with Gasteiger partial charge in [0.1, 0.15) is 0 Å². The molecule has 6 nitrogen and oxygen atoms in total. The quantitative estimate of drug-likeness (QED) is 0.758. The highest BCUT2D eigenvalue weighted by atomic mass is 19.4. The highest BCUT2D eigenvalue weighted by Gasteiger charge is 2.29. The van der Waals surface area contributed by atoms with Crippen LogP contribution < -0.4 is 16.0 Å². The number of nitrogens with one attached hydrogen (secondary N) is 3. The standard InChI is InChI=1S/C17H16F3N3O3/c1-26-16(25)23-14-6-2-11(3-7-14)10-21-15(24)22-13-8-4-12(5-9-13)17(18,19)20/h2-9H,10H2,1H3,(H,23,25)(H2,21,22,24). The molecule has 26 heavy (non-hydrogen) atoms. The van der Waals surface area contributed by atoms with Crippen LogP contribution in [0.25, 0.3) is 0 Å². The van der Waals surface area contributed by atoms with Crippen LogP contribution in [-0.4, -0.2) is 19.2 Å². The Morgan fingerprint density at radius 2 is 1.46 bits per heavy atom. The summed E-state index contributed by atoms with van der Waals surface area (Å²) >= 11 is 0. The molecular formula is C17H16F3N3O3. The Morgan fingerprint density at radius 1 is 0.923 bits per heavy atom. The number of methoxy groups -OCH3 is 1. The van der Waals surface area contributed by atoms with Crippen LogP contribution in [0.4, 0.5) is 34.1 Å². The summed E-state index contributed by atoms with van der Waals surface area (Å²) in [6.07, 6.45) is -5.01. The van der Waals surface area contributed by atoms with E-state index in [1.54, 1.807) is 24.3 Å². The van der Waals surface area contributed by atoms with Gasteiger partial charge in [-0.2, -0.15) is 13.2 Å². The Hall–Kier alpha value is -3.23. The predicted molar refractivity (Wildman–Crippen MR) is 89.8 cm³/mol. The molecule has 0 saturated carbocycles. The van der Waals surface area contributed by atoms with Gasteiger partial charge in [0.2, 0.25) is 0 Å². The highest BCUT2D eigenvalue weighted by Crippen LogP contribution is 2.29. The first-order valence-corrected chi connectivity index (χ1v) is 7.44. The molecule has 2 aromatic carbocycles.